The SMILES string of the molecule is CNC(=O)c1[nH]cnc1N/N=C(\C#N)C(=O)N/N=C/c1ccccc1C. The number of carbonyl (C=O) groups excluding carboxylic acids is 2. The number of hydrogen-bond acceptors (Lipinski definition) is 7. The standard InChI is InChI=1S/C16H16N8O2/c1-10-5-3-4-6-11(10)8-21-24-15(25)12(7-17)22-23-14-13(16(26)18-2)19-9-20-14/h3-6,8-9,23H,1-2H3,(H,18,26)(H,19,20)(H,24,25)/b21-8+,22-12+. The zero-order valence-corrected chi connectivity index (χ0v) is 14.1. The van der Waals surface area contributed by atoms with Crippen molar-refractivity contribution in [1.82, 2.24) is 20.7 Å². The number of aryl methyl sites for hydroxylation is 1. The maximum atomic E-state index is 12.0. The summed E-state index contributed by atoms with van der Waals surface area (Å²) in [5.41, 5.74) is 6.08. The van der Waals surface area contributed by atoms with Crippen LogP contribution in [0.2, 0.25) is 0 Å². The summed E-state index contributed by atoms with van der Waals surface area (Å²) in [4.78, 5) is 30.1. The van der Waals surface area contributed by atoms with Crippen molar-refractivity contribution < 1.29 is 9.59 Å². The first-order chi connectivity index (χ1) is 12.6. The Morgan fingerprint density at radius 1 is 1.35 bits per heavy atom. The fraction of sp³-hybridized carbons (Fsp3) is 0.125. The molecule has 10 nitrogen and oxygen atoms in total. The second-order valence-electron chi connectivity index (χ2n) is 4.94. The van der Waals surface area contributed by atoms with Gasteiger partial charge in [0.05, 0.1) is 12.5 Å². The maximum absolute atomic E-state index is 12.0. The van der Waals surface area contributed by atoms with Gasteiger partial charge in [-0.05, 0) is 18.1 Å². The van der Waals surface area contributed by atoms with E-state index in [4.69, 9.17) is 5.26 Å². The minimum atomic E-state index is -0.804. The van der Waals surface area contributed by atoms with Crippen molar-refractivity contribution in [2.75, 3.05) is 12.5 Å². The summed E-state index contributed by atoms with van der Waals surface area (Å²) in [6.45, 7) is 1.91. The molecule has 1 aromatic heterocycles. The Bertz CT molecular complexity index is 907. The van der Waals surface area contributed by atoms with Crippen molar-refractivity contribution in [3.63, 3.8) is 0 Å². The topological polar surface area (TPSA) is 147 Å². The van der Waals surface area contributed by atoms with Crippen LogP contribution in [0.15, 0.2) is 40.8 Å². The molecule has 0 aliphatic rings. The van der Waals surface area contributed by atoms with Gasteiger partial charge >= 0.3 is 5.91 Å². The molecule has 26 heavy (non-hydrogen) atoms. The van der Waals surface area contributed by atoms with E-state index in [2.05, 4.69) is 36.3 Å². The number of carbonyl (C=O) groups is 2. The molecular weight excluding hydrogens is 336 g/mol. The number of H-pyrrole nitrogens is 1. The molecule has 0 unspecified atom stereocenters. The molecule has 2 aromatic rings. The number of aromatic amines is 1. The number of nitrogens with zero attached hydrogens (tertiary/aromatic N) is 4. The molecule has 0 aliphatic carbocycles. The van der Waals surface area contributed by atoms with Crippen molar-refractivity contribution in [3.8, 4) is 6.07 Å². The lowest BCUT2D eigenvalue weighted by molar-refractivity contribution is -0.114. The van der Waals surface area contributed by atoms with Crippen LogP contribution in [0.4, 0.5) is 5.82 Å². The van der Waals surface area contributed by atoms with E-state index in [1.54, 1.807) is 6.07 Å². The van der Waals surface area contributed by atoms with E-state index in [-0.39, 0.29) is 11.5 Å². The summed E-state index contributed by atoms with van der Waals surface area (Å²) < 4.78 is 0. The minimum Gasteiger partial charge on any atom is -0.354 e. The molecule has 4 N–H and O–H groups in total. The molecule has 132 valence electrons. The zero-order chi connectivity index (χ0) is 18.9. The Balaban J connectivity index is 2.04. The minimum absolute atomic E-state index is 0.0771. The second kappa shape index (κ2) is 8.74. The molecule has 0 spiro atoms. The van der Waals surface area contributed by atoms with Crippen molar-refractivity contribution in [1.29, 1.82) is 5.26 Å². The monoisotopic (exact) mass is 352 g/mol. The van der Waals surface area contributed by atoms with Gasteiger partial charge in [0.25, 0.3) is 5.91 Å². The summed E-state index contributed by atoms with van der Waals surface area (Å²) in [6, 6.07) is 9.12. The number of aromatic nitrogens is 2. The molecule has 10 heteroatoms. The summed E-state index contributed by atoms with van der Waals surface area (Å²) >= 11 is 0. The molecule has 0 fully saturated rings. The number of benzene rings is 1. The molecule has 0 atom stereocenters. The first kappa shape index (κ1) is 18.3. The van der Waals surface area contributed by atoms with E-state index in [0.717, 1.165) is 11.1 Å². The highest BCUT2D eigenvalue weighted by Crippen LogP contribution is 2.08. The Hall–Kier alpha value is -4.00. The van der Waals surface area contributed by atoms with Gasteiger partial charge in [0.1, 0.15) is 11.8 Å². The van der Waals surface area contributed by atoms with Gasteiger partial charge in [-0.15, -0.1) is 0 Å². The van der Waals surface area contributed by atoms with Gasteiger partial charge in [-0.3, -0.25) is 15.0 Å². The molecule has 1 aromatic carbocycles. The van der Waals surface area contributed by atoms with Crippen molar-refractivity contribution >= 4 is 29.6 Å². The van der Waals surface area contributed by atoms with E-state index in [9.17, 15) is 9.59 Å². The number of rotatable bonds is 6. The Kier molecular flexibility index (Phi) is 6.17. The fourth-order valence-electron chi connectivity index (χ4n) is 1.86. The lowest BCUT2D eigenvalue weighted by atomic mass is 10.1. The first-order valence-corrected chi connectivity index (χ1v) is 7.45. The van der Waals surface area contributed by atoms with E-state index < -0.39 is 17.5 Å². The van der Waals surface area contributed by atoms with Gasteiger partial charge in [0.2, 0.25) is 5.71 Å². The largest absolute Gasteiger partial charge is 0.354 e. The van der Waals surface area contributed by atoms with Crippen LogP contribution in [0.25, 0.3) is 0 Å². The predicted octanol–water partition coefficient (Wildman–Crippen LogP) is 0.520. The number of hydrogen-bond donors (Lipinski definition) is 4. The molecular formula is C16H16N8O2. The molecule has 1 heterocycles. The highest BCUT2D eigenvalue weighted by Gasteiger charge is 2.14. The number of nitrogens with one attached hydrogen (secondary N) is 4. The van der Waals surface area contributed by atoms with Crippen LogP contribution >= 0.6 is 0 Å². The highest BCUT2D eigenvalue weighted by molar-refractivity contribution is 6.45. The van der Waals surface area contributed by atoms with Crippen LogP contribution < -0.4 is 16.2 Å². The number of imidazole rings is 1. The average molecular weight is 352 g/mol. The number of hydrazone groups is 2. The molecule has 2 amide bonds. The van der Waals surface area contributed by atoms with Crippen LogP contribution in [-0.2, 0) is 4.79 Å². The van der Waals surface area contributed by atoms with Crippen LogP contribution in [0, 0.1) is 18.3 Å². The molecule has 0 saturated carbocycles. The predicted molar refractivity (Wildman–Crippen MR) is 95.6 cm³/mol. The summed E-state index contributed by atoms with van der Waals surface area (Å²) in [5.74, 6) is -1.15. The van der Waals surface area contributed by atoms with Crippen LogP contribution in [-0.4, -0.2) is 40.8 Å². The van der Waals surface area contributed by atoms with Gasteiger partial charge in [0, 0.05) is 7.05 Å². The summed E-state index contributed by atoms with van der Waals surface area (Å²) in [5, 5.41) is 19.0. The lowest BCUT2D eigenvalue weighted by Crippen LogP contribution is -2.27. The highest BCUT2D eigenvalue weighted by atomic mass is 16.2. The van der Waals surface area contributed by atoms with Gasteiger partial charge < -0.3 is 10.3 Å². The normalized spacial score (nSPS) is 11.0. The average Bonchev–Trinajstić information content (AvgIpc) is 3.11. The number of amides is 2. The van der Waals surface area contributed by atoms with E-state index >= 15 is 0 Å². The van der Waals surface area contributed by atoms with Gasteiger partial charge in [-0.25, -0.2) is 10.4 Å². The zero-order valence-electron chi connectivity index (χ0n) is 14.1. The van der Waals surface area contributed by atoms with Crippen molar-refractivity contribution in [2.45, 2.75) is 6.92 Å². The van der Waals surface area contributed by atoms with E-state index in [0.29, 0.717) is 0 Å². The van der Waals surface area contributed by atoms with Gasteiger partial charge in [-0.2, -0.15) is 15.5 Å². The first-order valence-electron chi connectivity index (χ1n) is 7.45. The Morgan fingerprint density at radius 3 is 2.81 bits per heavy atom. The molecule has 0 bridgehead atoms. The fourth-order valence-corrected chi connectivity index (χ4v) is 1.86. The van der Waals surface area contributed by atoms with E-state index in [1.807, 2.05) is 31.2 Å². The summed E-state index contributed by atoms with van der Waals surface area (Å²) in [6.07, 6.45) is 2.74. The third-order valence-corrected chi connectivity index (χ3v) is 3.25. The Labute approximate surface area is 149 Å². The van der Waals surface area contributed by atoms with Gasteiger partial charge in [-0.1, -0.05) is 24.3 Å². The molecule has 0 saturated heterocycles. The Morgan fingerprint density at radius 2 is 2.12 bits per heavy atom. The quantitative estimate of drug-likeness (QED) is 0.442. The van der Waals surface area contributed by atoms with E-state index in [1.165, 1.54) is 19.6 Å². The van der Waals surface area contributed by atoms with Crippen molar-refractivity contribution in [2.24, 2.45) is 10.2 Å². The third kappa shape index (κ3) is 4.51. The maximum Gasteiger partial charge on any atom is 0.302 e. The van der Waals surface area contributed by atoms with Crippen LogP contribution in [0.1, 0.15) is 21.6 Å². The second-order valence-corrected chi connectivity index (χ2v) is 4.94. The van der Waals surface area contributed by atoms with Gasteiger partial charge in [0.15, 0.2) is 5.82 Å². The third-order valence-electron chi connectivity index (χ3n) is 3.25. The number of nitriles is 1. The summed E-state index contributed by atoms with van der Waals surface area (Å²) in [7, 11) is 1.46. The molecule has 0 aliphatic heterocycles. The van der Waals surface area contributed by atoms with Crippen molar-refractivity contribution in [3.05, 3.63) is 47.4 Å². The van der Waals surface area contributed by atoms with Crippen LogP contribution in [0.3, 0.4) is 0 Å². The lowest BCUT2D eigenvalue weighted by Gasteiger charge is -2.02. The molecule has 2 rings (SSSR count). The van der Waals surface area contributed by atoms with Crippen LogP contribution in [0.5, 0.6) is 0 Å². The molecule has 0 radical (unpaired) electrons. The number of anilines is 1. The smallest absolute Gasteiger partial charge is 0.302 e.